The van der Waals surface area contributed by atoms with Crippen LogP contribution >= 0.6 is 11.5 Å². The Bertz CT molecular complexity index is 745. The average molecular weight is 379 g/mol. The lowest BCUT2D eigenvalue weighted by atomic mass is 9.91. The highest BCUT2D eigenvalue weighted by molar-refractivity contribution is 7.08. The molecule has 3 rings (SSSR count). The highest BCUT2D eigenvalue weighted by atomic mass is 32.1. The molecule has 1 atom stereocenters. The second kappa shape index (κ2) is 8.66. The summed E-state index contributed by atoms with van der Waals surface area (Å²) in [6.07, 6.45) is 4.58. The normalized spacial score (nSPS) is 17.5. The molecule has 1 aliphatic heterocycles. The van der Waals surface area contributed by atoms with Crippen LogP contribution in [0.1, 0.15) is 53.5 Å². The van der Waals surface area contributed by atoms with E-state index >= 15 is 0 Å². The van der Waals surface area contributed by atoms with Crippen LogP contribution < -0.4 is 0 Å². The number of amides is 1. The average Bonchev–Trinajstić information content (AvgIpc) is 3.09. The number of carbonyl (C=O) groups is 1. The third-order valence-electron chi connectivity index (χ3n) is 4.91. The van der Waals surface area contributed by atoms with Gasteiger partial charge in [0.1, 0.15) is 16.5 Å². The number of piperidine rings is 1. The minimum atomic E-state index is -0.492. The number of benzene rings is 1. The van der Waals surface area contributed by atoms with Gasteiger partial charge < -0.3 is 4.90 Å². The first-order valence-corrected chi connectivity index (χ1v) is 9.90. The van der Waals surface area contributed by atoms with Crippen LogP contribution in [-0.2, 0) is 12.8 Å². The second-order valence-corrected chi connectivity index (χ2v) is 7.55. The van der Waals surface area contributed by atoms with Gasteiger partial charge in [-0.05, 0) is 61.7 Å². The Morgan fingerprint density at radius 1 is 1.31 bits per heavy atom. The van der Waals surface area contributed by atoms with E-state index in [9.17, 15) is 13.6 Å². The number of carbonyl (C=O) groups excluding carboxylic acids is 1. The van der Waals surface area contributed by atoms with Crippen LogP contribution in [0.2, 0.25) is 0 Å². The van der Waals surface area contributed by atoms with E-state index in [1.807, 2.05) is 11.8 Å². The first kappa shape index (κ1) is 18.9. The van der Waals surface area contributed by atoms with Gasteiger partial charge in [-0.2, -0.15) is 0 Å². The molecular formula is C19H23F2N3OS. The zero-order chi connectivity index (χ0) is 18.5. The summed E-state index contributed by atoms with van der Waals surface area (Å²) >= 11 is 1.16. The molecule has 140 valence electrons. The van der Waals surface area contributed by atoms with Crippen LogP contribution in [-0.4, -0.2) is 33.5 Å². The van der Waals surface area contributed by atoms with E-state index in [-0.39, 0.29) is 17.4 Å². The standard InChI is InChI=1S/C19H23F2N3OS/c1-2-5-17-18(26-23-22-17)19(25)24-11-4-6-13(12-24)9-10-14-15(20)7-3-8-16(14)21/h3,7-8,13H,2,4-6,9-12H2,1H3/t13-/m0/s1. The monoisotopic (exact) mass is 379 g/mol. The number of likely N-dealkylation sites (tertiary alicyclic amines) is 1. The number of aromatic nitrogens is 2. The van der Waals surface area contributed by atoms with E-state index in [2.05, 4.69) is 9.59 Å². The van der Waals surface area contributed by atoms with E-state index in [0.717, 1.165) is 42.9 Å². The fourth-order valence-electron chi connectivity index (χ4n) is 3.52. The van der Waals surface area contributed by atoms with E-state index in [1.54, 1.807) is 0 Å². The van der Waals surface area contributed by atoms with Crippen molar-refractivity contribution in [3.63, 3.8) is 0 Å². The van der Waals surface area contributed by atoms with Gasteiger partial charge in [-0.3, -0.25) is 4.79 Å². The second-order valence-electron chi connectivity index (χ2n) is 6.80. The summed E-state index contributed by atoms with van der Waals surface area (Å²) in [5.74, 6) is -0.741. The number of aryl methyl sites for hydroxylation is 1. The van der Waals surface area contributed by atoms with Crippen molar-refractivity contribution in [3.8, 4) is 0 Å². The number of halogens is 2. The molecule has 0 N–H and O–H groups in total. The summed E-state index contributed by atoms with van der Waals surface area (Å²) in [7, 11) is 0. The molecule has 0 unspecified atom stereocenters. The smallest absolute Gasteiger partial charge is 0.267 e. The van der Waals surface area contributed by atoms with Crippen LogP contribution in [0, 0.1) is 17.6 Å². The molecule has 7 heteroatoms. The molecule has 0 radical (unpaired) electrons. The van der Waals surface area contributed by atoms with Crippen LogP contribution in [0.3, 0.4) is 0 Å². The Balaban J connectivity index is 1.62. The van der Waals surface area contributed by atoms with E-state index < -0.39 is 11.6 Å². The molecule has 1 aromatic heterocycles. The molecule has 1 fully saturated rings. The Morgan fingerprint density at radius 2 is 2.08 bits per heavy atom. The Kier molecular flexibility index (Phi) is 6.29. The van der Waals surface area contributed by atoms with Crippen molar-refractivity contribution in [1.82, 2.24) is 14.5 Å². The van der Waals surface area contributed by atoms with Crippen LogP contribution in [0.15, 0.2) is 18.2 Å². The fourth-order valence-corrected chi connectivity index (χ4v) is 4.20. The zero-order valence-electron chi connectivity index (χ0n) is 14.9. The first-order valence-electron chi connectivity index (χ1n) is 9.13. The topological polar surface area (TPSA) is 46.1 Å². The molecule has 4 nitrogen and oxygen atoms in total. The quantitative estimate of drug-likeness (QED) is 0.754. The van der Waals surface area contributed by atoms with Gasteiger partial charge in [0.15, 0.2) is 0 Å². The summed E-state index contributed by atoms with van der Waals surface area (Å²) in [5.41, 5.74) is 0.922. The third kappa shape index (κ3) is 4.26. The van der Waals surface area contributed by atoms with Gasteiger partial charge in [-0.1, -0.05) is 23.9 Å². The molecule has 1 amide bonds. The Morgan fingerprint density at radius 3 is 2.81 bits per heavy atom. The van der Waals surface area contributed by atoms with E-state index in [1.165, 1.54) is 18.2 Å². The minimum absolute atomic E-state index is 0.00905. The fraction of sp³-hybridized carbons (Fsp3) is 0.526. The SMILES string of the molecule is CCCc1nnsc1C(=O)N1CCC[C@@H](CCc2c(F)cccc2F)C1. The predicted molar refractivity (Wildman–Crippen MR) is 97.2 cm³/mol. The first-order chi connectivity index (χ1) is 12.6. The zero-order valence-corrected chi connectivity index (χ0v) is 15.7. The highest BCUT2D eigenvalue weighted by Crippen LogP contribution is 2.26. The van der Waals surface area contributed by atoms with Crippen molar-refractivity contribution in [3.05, 3.63) is 46.0 Å². The van der Waals surface area contributed by atoms with Crippen molar-refractivity contribution < 1.29 is 13.6 Å². The number of hydrogen-bond donors (Lipinski definition) is 0. The minimum Gasteiger partial charge on any atom is -0.338 e. The molecule has 0 aliphatic carbocycles. The van der Waals surface area contributed by atoms with Gasteiger partial charge in [-0.15, -0.1) is 5.10 Å². The maximum atomic E-state index is 13.8. The van der Waals surface area contributed by atoms with E-state index in [4.69, 9.17) is 0 Å². The number of hydrogen-bond acceptors (Lipinski definition) is 4. The summed E-state index contributed by atoms with van der Waals surface area (Å²) in [5, 5.41) is 4.07. The van der Waals surface area contributed by atoms with Crippen LogP contribution in [0.4, 0.5) is 8.78 Å². The van der Waals surface area contributed by atoms with Crippen molar-refractivity contribution in [2.24, 2.45) is 5.92 Å². The lowest BCUT2D eigenvalue weighted by Crippen LogP contribution is -2.40. The van der Waals surface area contributed by atoms with Gasteiger partial charge in [0, 0.05) is 18.7 Å². The lowest BCUT2D eigenvalue weighted by Gasteiger charge is -2.32. The van der Waals surface area contributed by atoms with Gasteiger partial charge in [0.25, 0.3) is 5.91 Å². The summed E-state index contributed by atoms with van der Waals surface area (Å²) in [6.45, 7) is 3.39. The molecule has 26 heavy (non-hydrogen) atoms. The number of rotatable bonds is 6. The highest BCUT2D eigenvalue weighted by Gasteiger charge is 2.27. The molecule has 1 aromatic carbocycles. The van der Waals surface area contributed by atoms with Crippen molar-refractivity contribution in [2.45, 2.75) is 45.4 Å². The maximum absolute atomic E-state index is 13.8. The predicted octanol–water partition coefficient (Wildman–Crippen LogP) is 4.25. The van der Waals surface area contributed by atoms with Crippen LogP contribution in [0.25, 0.3) is 0 Å². The molecular weight excluding hydrogens is 356 g/mol. The molecule has 0 saturated carbocycles. The molecule has 1 aliphatic rings. The third-order valence-corrected chi connectivity index (χ3v) is 5.66. The number of nitrogens with zero attached hydrogens (tertiary/aromatic N) is 3. The van der Waals surface area contributed by atoms with Gasteiger partial charge in [0.05, 0.1) is 5.69 Å². The summed E-state index contributed by atoms with van der Waals surface area (Å²) < 4.78 is 31.5. The van der Waals surface area contributed by atoms with E-state index in [0.29, 0.717) is 30.8 Å². The molecule has 0 spiro atoms. The summed E-state index contributed by atoms with van der Waals surface area (Å²) in [6, 6.07) is 3.97. The Hall–Kier alpha value is -1.89. The van der Waals surface area contributed by atoms with Crippen molar-refractivity contribution >= 4 is 17.4 Å². The molecule has 2 heterocycles. The van der Waals surface area contributed by atoms with Gasteiger partial charge in [0.2, 0.25) is 0 Å². The van der Waals surface area contributed by atoms with Gasteiger partial charge >= 0.3 is 0 Å². The van der Waals surface area contributed by atoms with Crippen molar-refractivity contribution in [1.29, 1.82) is 0 Å². The molecule has 2 aromatic rings. The maximum Gasteiger partial charge on any atom is 0.267 e. The van der Waals surface area contributed by atoms with Crippen LogP contribution in [0.5, 0.6) is 0 Å². The van der Waals surface area contributed by atoms with Gasteiger partial charge in [-0.25, -0.2) is 8.78 Å². The Labute approximate surface area is 156 Å². The van der Waals surface area contributed by atoms with Crippen molar-refractivity contribution in [2.75, 3.05) is 13.1 Å². The molecule has 0 bridgehead atoms. The lowest BCUT2D eigenvalue weighted by molar-refractivity contribution is 0.0671. The summed E-state index contributed by atoms with van der Waals surface area (Å²) in [4.78, 5) is 15.3. The largest absolute Gasteiger partial charge is 0.338 e. The molecule has 1 saturated heterocycles.